The van der Waals surface area contributed by atoms with Gasteiger partial charge in [0.05, 0.1) is 42.1 Å². The van der Waals surface area contributed by atoms with Crippen molar-refractivity contribution in [1.29, 1.82) is 0 Å². The van der Waals surface area contributed by atoms with E-state index in [1.54, 1.807) is 100 Å². The molecule has 4 aliphatic heterocycles. The van der Waals surface area contributed by atoms with Gasteiger partial charge in [-0.05, 0) is 191 Å². The molecule has 0 radical (unpaired) electrons. The number of carbonyl (C=O) groups is 5. The Hall–Kier alpha value is -11.9. The van der Waals surface area contributed by atoms with E-state index in [4.69, 9.17) is 80.5 Å². The number of fused-ring (bicyclic) bond motifs is 4. The second-order valence-corrected chi connectivity index (χ2v) is 24.2. The average Bonchev–Trinajstić information content (AvgIpc) is 1.70. The molecule has 22 heteroatoms. The van der Waals surface area contributed by atoms with Crippen molar-refractivity contribution in [2.24, 2.45) is 0 Å². The summed E-state index contributed by atoms with van der Waals surface area (Å²) in [5.41, 5.74) is 12.2. The quantitative estimate of drug-likeness (QED) is 0.0201. The lowest BCUT2D eigenvalue weighted by atomic mass is 10.1. The predicted molar refractivity (Wildman–Crippen MR) is 390 cm³/mol. The number of aryl methyl sites for hydroxylation is 1. The van der Waals surface area contributed by atoms with E-state index in [1.165, 1.54) is 0 Å². The molecule has 0 fully saturated rings. The van der Waals surface area contributed by atoms with Crippen molar-refractivity contribution in [3.8, 4) is 51.7 Å². The second-order valence-electron chi connectivity index (χ2n) is 24.2. The van der Waals surface area contributed by atoms with Gasteiger partial charge in [0.1, 0.15) is 12.4 Å². The van der Waals surface area contributed by atoms with Crippen LogP contribution >= 0.6 is 0 Å². The van der Waals surface area contributed by atoms with Gasteiger partial charge < -0.3 is 80.5 Å². The van der Waals surface area contributed by atoms with Gasteiger partial charge in [0.15, 0.2) is 46.0 Å². The molecular formula is C83H84O22. The zero-order valence-electron chi connectivity index (χ0n) is 59.9. The lowest BCUT2D eigenvalue weighted by molar-refractivity contribution is -0.150. The van der Waals surface area contributed by atoms with Crippen molar-refractivity contribution < 1.29 is 104 Å². The Labute approximate surface area is 610 Å². The summed E-state index contributed by atoms with van der Waals surface area (Å²) in [5, 5.41) is 0. The Kier molecular flexibility index (Phi) is 27.9. The first kappa shape index (κ1) is 77.3. The summed E-state index contributed by atoms with van der Waals surface area (Å²) in [6.07, 6.45) is -2.07. The number of allylic oxidation sites excluding steroid dienone is 4. The van der Waals surface area contributed by atoms with Crippen LogP contribution in [0.25, 0.3) is 22.3 Å². The van der Waals surface area contributed by atoms with Crippen LogP contribution in [0.15, 0.2) is 196 Å². The number of hydrogen-bond acceptors (Lipinski definition) is 22. The fourth-order valence-electron chi connectivity index (χ4n) is 10.0. The van der Waals surface area contributed by atoms with Crippen LogP contribution in [0, 0.1) is 0 Å². The SMILES string of the molecule is C=C(C)c1ccc(C(=O)OC(C)OCCOC(=O)CCc2ccc3c(c2)OCO3)cc1.C=C(C)c1ccc(C(=O)OC(C)OCc2ccc3c(c2)OCO3)cc1.C=C(C)c1ccc(C(=O)OC(C)Oc2ccc3c(c2)OCO3)cc1.C=C(C)c1cccc(C(=O)OC(C)OCc2ccc3c(c2)OCO3)c1. The summed E-state index contributed by atoms with van der Waals surface area (Å²) >= 11 is 0. The number of rotatable bonds is 27. The summed E-state index contributed by atoms with van der Waals surface area (Å²) in [4.78, 5) is 60.6. The largest absolute Gasteiger partial charge is 0.463 e. The number of esters is 5. The van der Waals surface area contributed by atoms with Crippen LogP contribution in [0.2, 0.25) is 0 Å². The molecule has 0 saturated heterocycles. The summed E-state index contributed by atoms with van der Waals surface area (Å²) < 4.78 is 90.8. The standard InChI is InChI=1S/C24H26O7.2C20H20O5.C19H18O5/c1-16(2)19-6-8-20(9-7-19)24(26)31-17(3)27-12-13-28-23(25)11-5-18-4-10-21-22(14-18)30-15-29-21;1-13(2)16-5-7-17(8-6-16)20(21)25-14(3)22-11-15-4-9-18-19(10-15)24-12-23-18;1-13(2)16-5-4-6-17(10-16)20(21)25-14(3)22-11-15-7-8-18-19(9-15)24-12-23-18;1-12(2)14-4-6-15(7-5-14)19(20)24-13(3)23-16-8-9-17-18(10-16)22-11-21-17/h4,6-10,14,17H,1,5,11-13,15H2,2-3H3;2*4-10,14H,1,11-12H2,2-3H3;4-10,13H,1,11H2,2-3H3. The van der Waals surface area contributed by atoms with E-state index in [9.17, 15) is 24.0 Å². The second kappa shape index (κ2) is 37.9. The minimum Gasteiger partial charge on any atom is -0.463 e. The van der Waals surface area contributed by atoms with Gasteiger partial charge in [-0.3, -0.25) is 4.79 Å². The van der Waals surface area contributed by atoms with E-state index in [1.807, 2.05) is 125 Å². The highest BCUT2D eigenvalue weighted by Crippen LogP contribution is 2.37. The molecule has 12 rings (SSSR count). The van der Waals surface area contributed by atoms with Crippen LogP contribution in [0.4, 0.5) is 0 Å². The first-order valence-electron chi connectivity index (χ1n) is 33.6. The Bertz CT molecular complexity index is 4390. The highest BCUT2D eigenvalue weighted by atomic mass is 16.7. The minimum atomic E-state index is -0.763. The van der Waals surface area contributed by atoms with Crippen molar-refractivity contribution in [3.05, 3.63) is 257 Å². The van der Waals surface area contributed by atoms with Gasteiger partial charge >= 0.3 is 29.8 Å². The topological polar surface area (TPSA) is 242 Å². The van der Waals surface area contributed by atoms with Crippen molar-refractivity contribution in [2.45, 2.75) is 107 Å². The molecule has 8 aromatic rings. The molecular weight excluding hydrogens is 1350 g/mol. The highest BCUT2D eigenvalue weighted by molar-refractivity contribution is 5.92. The third kappa shape index (κ3) is 23.6. The van der Waals surface area contributed by atoms with Gasteiger partial charge in [-0.1, -0.05) is 115 Å². The third-order valence-electron chi connectivity index (χ3n) is 15.8. The molecule has 105 heavy (non-hydrogen) atoms. The maximum atomic E-state index is 12.2. The summed E-state index contributed by atoms with van der Waals surface area (Å²) in [7, 11) is 0. The fourth-order valence-corrected chi connectivity index (χ4v) is 10.0. The maximum absolute atomic E-state index is 12.2. The van der Waals surface area contributed by atoms with Crippen molar-refractivity contribution >= 4 is 52.1 Å². The Balaban J connectivity index is 0.000000163. The zero-order valence-corrected chi connectivity index (χ0v) is 59.9. The van der Waals surface area contributed by atoms with Crippen LogP contribution in [-0.2, 0) is 62.3 Å². The molecule has 0 N–H and O–H groups in total. The molecule has 4 unspecified atom stereocenters. The summed E-state index contributed by atoms with van der Waals surface area (Å²) in [6, 6.07) is 50.3. The van der Waals surface area contributed by atoms with E-state index in [0.717, 1.165) is 72.7 Å². The molecule has 4 heterocycles. The number of hydrogen-bond donors (Lipinski definition) is 0. The fraction of sp³-hybridized carbons (Fsp3) is 0.265. The van der Waals surface area contributed by atoms with E-state index in [-0.39, 0.29) is 52.8 Å². The first-order valence-corrected chi connectivity index (χ1v) is 33.6. The minimum absolute atomic E-state index is 0.0785. The molecule has 0 bridgehead atoms. The monoisotopic (exact) mass is 1430 g/mol. The van der Waals surface area contributed by atoms with Crippen molar-refractivity contribution in [3.63, 3.8) is 0 Å². The molecule has 0 spiro atoms. The molecule has 0 aromatic heterocycles. The summed E-state index contributed by atoms with van der Waals surface area (Å²) in [6.45, 7) is 31.4. The molecule has 4 aliphatic rings. The Morgan fingerprint density at radius 3 is 1.10 bits per heavy atom. The molecule has 8 aromatic carbocycles. The predicted octanol–water partition coefficient (Wildman–Crippen LogP) is 16.5. The van der Waals surface area contributed by atoms with E-state index in [2.05, 4.69) is 26.3 Å². The van der Waals surface area contributed by atoms with E-state index in [0.29, 0.717) is 82.1 Å². The van der Waals surface area contributed by atoms with Crippen molar-refractivity contribution in [2.75, 3.05) is 40.4 Å². The van der Waals surface area contributed by atoms with Gasteiger partial charge in [0, 0.05) is 19.4 Å². The Morgan fingerprint density at radius 1 is 0.343 bits per heavy atom. The van der Waals surface area contributed by atoms with Crippen LogP contribution < -0.4 is 42.6 Å². The molecule has 0 saturated carbocycles. The van der Waals surface area contributed by atoms with Gasteiger partial charge in [-0.2, -0.15) is 0 Å². The normalized spacial score (nSPS) is 13.2. The van der Waals surface area contributed by atoms with Crippen LogP contribution in [0.3, 0.4) is 0 Å². The summed E-state index contributed by atoms with van der Waals surface area (Å²) in [5.74, 6) is 3.95. The van der Waals surface area contributed by atoms with Gasteiger partial charge in [0.2, 0.25) is 52.3 Å². The number of carbonyl (C=O) groups excluding carboxylic acids is 5. The van der Waals surface area contributed by atoms with Gasteiger partial charge in [-0.15, -0.1) is 0 Å². The van der Waals surface area contributed by atoms with Crippen LogP contribution in [0.5, 0.6) is 51.7 Å². The van der Waals surface area contributed by atoms with Crippen LogP contribution in [-0.4, -0.2) is 95.4 Å². The Morgan fingerprint density at radius 2 is 0.676 bits per heavy atom. The smallest absolute Gasteiger partial charge is 0.341 e. The lowest BCUT2D eigenvalue weighted by Crippen LogP contribution is -2.21. The first-order chi connectivity index (χ1) is 50.5. The van der Waals surface area contributed by atoms with Crippen LogP contribution in [0.1, 0.15) is 142 Å². The highest BCUT2D eigenvalue weighted by Gasteiger charge is 2.22. The van der Waals surface area contributed by atoms with Gasteiger partial charge in [0.25, 0.3) is 0 Å². The molecule has 0 aliphatic carbocycles. The molecule has 22 nitrogen and oxygen atoms in total. The van der Waals surface area contributed by atoms with E-state index >= 15 is 0 Å². The lowest BCUT2D eigenvalue weighted by Gasteiger charge is -2.15. The van der Waals surface area contributed by atoms with Gasteiger partial charge in [-0.25, -0.2) is 19.2 Å². The third-order valence-corrected chi connectivity index (χ3v) is 15.8. The molecule has 548 valence electrons. The van der Waals surface area contributed by atoms with E-state index < -0.39 is 49.0 Å². The molecule has 4 atom stereocenters. The molecule has 0 amide bonds. The van der Waals surface area contributed by atoms with Crippen molar-refractivity contribution in [1.82, 2.24) is 0 Å². The average molecular weight is 1430 g/mol. The zero-order chi connectivity index (χ0) is 74.9. The number of benzene rings is 8. The number of ether oxygens (including phenoxy) is 17. The maximum Gasteiger partial charge on any atom is 0.341 e.